The number of benzene rings is 1. The molecule has 1 aliphatic heterocycles. The van der Waals surface area contributed by atoms with Gasteiger partial charge in [0.25, 0.3) is 5.91 Å². The highest BCUT2D eigenvalue weighted by Crippen LogP contribution is 2.18. The number of nitrogens with one attached hydrogen (secondary N) is 1. The fourth-order valence-electron chi connectivity index (χ4n) is 3.31. The molecular formula is C21H22ClN5O. The van der Waals surface area contributed by atoms with E-state index in [1.54, 1.807) is 17.1 Å². The lowest BCUT2D eigenvalue weighted by Crippen LogP contribution is -2.23. The van der Waals surface area contributed by atoms with E-state index in [0.29, 0.717) is 23.7 Å². The molecular weight excluding hydrogens is 374 g/mol. The van der Waals surface area contributed by atoms with Gasteiger partial charge in [0, 0.05) is 37.1 Å². The van der Waals surface area contributed by atoms with Gasteiger partial charge in [-0.05, 0) is 36.1 Å². The van der Waals surface area contributed by atoms with Crippen LogP contribution >= 0.6 is 11.6 Å². The molecule has 6 nitrogen and oxygen atoms in total. The number of pyridine rings is 1. The van der Waals surface area contributed by atoms with Crippen molar-refractivity contribution in [3.63, 3.8) is 0 Å². The molecule has 1 aliphatic rings. The third-order valence-corrected chi connectivity index (χ3v) is 5.25. The van der Waals surface area contributed by atoms with Crippen molar-refractivity contribution < 1.29 is 4.79 Å². The van der Waals surface area contributed by atoms with E-state index in [-0.39, 0.29) is 5.91 Å². The molecule has 0 radical (unpaired) electrons. The topological polar surface area (TPSA) is 63.1 Å². The molecule has 1 N–H and O–H groups in total. The van der Waals surface area contributed by atoms with Crippen LogP contribution in [0.3, 0.4) is 0 Å². The lowest BCUT2D eigenvalue weighted by Gasteiger charge is -2.16. The minimum absolute atomic E-state index is 0.158. The van der Waals surface area contributed by atoms with Crippen LogP contribution < -0.4 is 10.2 Å². The van der Waals surface area contributed by atoms with E-state index in [2.05, 4.69) is 20.3 Å². The van der Waals surface area contributed by atoms with Gasteiger partial charge in [-0.15, -0.1) is 0 Å². The number of hydrogen-bond acceptors (Lipinski definition) is 4. The molecule has 4 rings (SSSR count). The van der Waals surface area contributed by atoms with E-state index >= 15 is 0 Å². The van der Waals surface area contributed by atoms with Gasteiger partial charge in [0.1, 0.15) is 5.82 Å². The Labute approximate surface area is 169 Å². The maximum atomic E-state index is 12.4. The minimum atomic E-state index is -0.158. The summed E-state index contributed by atoms with van der Waals surface area (Å²) >= 11 is 6.18. The molecule has 144 valence electrons. The molecule has 0 bridgehead atoms. The fourth-order valence-corrected chi connectivity index (χ4v) is 3.50. The van der Waals surface area contributed by atoms with Gasteiger partial charge in [0.15, 0.2) is 0 Å². The monoisotopic (exact) mass is 395 g/mol. The summed E-state index contributed by atoms with van der Waals surface area (Å²) in [5.74, 6) is 0.849. The number of amides is 1. The van der Waals surface area contributed by atoms with E-state index in [1.807, 2.05) is 42.6 Å². The maximum absolute atomic E-state index is 12.4. The van der Waals surface area contributed by atoms with Crippen LogP contribution in [0.1, 0.15) is 34.3 Å². The molecule has 2 aromatic heterocycles. The molecule has 0 unspecified atom stereocenters. The molecule has 0 spiro atoms. The summed E-state index contributed by atoms with van der Waals surface area (Å²) in [5, 5.41) is 7.87. The van der Waals surface area contributed by atoms with Crippen LogP contribution in [0.4, 0.5) is 5.82 Å². The van der Waals surface area contributed by atoms with Crippen molar-refractivity contribution in [1.29, 1.82) is 0 Å². The molecule has 1 aromatic carbocycles. The number of nitrogens with zero attached hydrogens (tertiary/aromatic N) is 4. The second-order valence-electron chi connectivity index (χ2n) is 6.92. The Balaban J connectivity index is 1.33. The first-order valence-electron chi connectivity index (χ1n) is 9.43. The van der Waals surface area contributed by atoms with Gasteiger partial charge in [0.05, 0.1) is 18.3 Å². The first kappa shape index (κ1) is 18.5. The van der Waals surface area contributed by atoms with Crippen LogP contribution in [0.2, 0.25) is 5.02 Å². The molecule has 0 saturated carbocycles. The van der Waals surface area contributed by atoms with Gasteiger partial charge in [-0.25, -0.2) is 4.98 Å². The number of carbonyl (C=O) groups is 1. The van der Waals surface area contributed by atoms with Crippen molar-refractivity contribution >= 4 is 23.3 Å². The van der Waals surface area contributed by atoms with Crippen molar-refractivity contribution in [2.24, 2.45) is 0 Å². The Bertz CT molecular complexity index is 947. The van der Waals surface area contributed by atoms with Gasteiger partial charge in [-0.3, -0.25) is 9.48 Å². The Kier molecular flexibility index (Phi) is 5.58. The van der Waals surface area contributed by atoms with Gasteiger partial charge in [0.2, 0.25) is 0 Å². The van der Waals surface area contributed by atoms with Gasteiger partial charge in [-0.2, -0.15) is 5.10 Å². The zero-order valence-corrected chi connectivity index (χ0v) is 16.3. The molecule has 1 amide bonds. The van der Waals surface area contributed by atoms with Crippen LogP contribution in [0.5, 0.6) is 0 Å². The molecule has 7 heteroatoms. The summed E-state index contributed by atoms with van der Waals surface area (Å²) in [7, 11) is 0. The second-order valence-corrected chi connectivity index (χ2v) is 7.33. The average molecular weight is 396 g/mol. The Morgan fingerprint density at radius 2 is 1.93 bits per heavy atom. The Morgan fingerprint density at radius 3 is 2.68 bits per heavy atom. The molecule has 28 heavy (non-hydrogen) atoms. The lowest BCUT2D eigenvalue weighted by atomic mass is 10.2. The van der Waals surface area contributed by atoms with Gasteiger partial charge in [-0.1, -0.05) is 35.9 Å². The van der Waals surface area contributed by atoms with E-state index in [1.165, 1.54) is 12.8 Å². The molecule has 0 atom stereocenters. The lowest BCUT2D eigenvalue weighted by molar-refractivity contribution is 0.0951. The van der Waals surface area contributed by atoms with E-state index in [4.69, 9.17) is 11.6 Å². The number of carbonyl (C=O) groups excluding carboxylic acids is 1. The zero-order valence-electron chi connectivity index (χ0n) is 15.5. The molecule has 0 aliphatic carbocycles. The average Bonchev–Trinajstić information content (AvgIpc) is 3.41. The maximum Gasteiger partial charge on any atom is 0.254 e. The van der Waals surface area contributed by atoms with Gasteiger partial charge >= 0.3 is 0 Å². The highest BCUT2D eigenvalue weighted by atomic mass is 35.5. The predicted octanol–water partition coefficient (Wildman–Crippen LogP) is 3.51. The number of rotatable bonds is 6. The molecule has 1 fully saturated rings. The molecule has 3 heterocycles. The smallest absolute Gasteiger partial charge is 0.254 e. The highest BCUT2D eigenvalue weighted by molar-refractivity contribution is 6.31. The number of aromatic nitrogens is 3. The quantitative estimate of drug-likeness (QED) is 0.693. The normalized spacial score (nSPS) is 13.7. The summed E-state index contributed by atoms with van der Waals surface area (Å²) in [6, 6.07) is 11.7. The number of halogens is 1. The van der Waals surface area contributed by atoms with Crippen LogP contribution in [0, 0.1) is 0 Å². The van der Waals surface area contributed by atoms with Crippen molar-refractivity contribution in [2.75, 3.05) is 18.0 Å². The molecule has 3 aromatic rings. The summed E-state index contributed by atoms with van der Waals surface area (Å²) in [6.45, 7) is 3.10. The molecule has 1 saturated heterocycles. The summed E-state index contributed by atoms with van der Waals surface area (Å²) in [4.78, 5) is 19.2. The van der Waals surface area contributed by atoms with Crippen molar-refractivity contribution in [3.8, 4) is 0 Å². The van der Waals surface area contributed by atoms with Crippen molar-refractivity contribution in [2.45, 2.75) is 25.9 Å². The fraction of sp³-hybridized carbons (Fsp3) is 0.286. The van der Waals surface area contributed by atoms with E-state index in [0.717, 1.165) is 30.0 Å². The SMILES string of the molecule is O=C(NCc1ccc(N2CCCC2)nc1)c1cnn(Cc2ccccc2Cl)c1. The predicted molar refractivity (Wildman–Crippen MR) is 110 cm³/mol. The number of anilines is 1. The number of hydrogen-bond donors (Lipinski definition) is 1. The first-order chi connectivity index (χ1) is 13.7. The Hall–Kier alpha value is -2.86. The van der Waals surface area contributed by atoms with Crippen LogP contribution in [-0.2, 0) is 13.1 Å². The van der Waals surface area contributed by atoms with Crippen molar-refractivity contribution in [1.82, 2.24) is 20.1 Å². The largest absolute Gasteiger partial charge is 0.357 e. The summed E-state index contributed by atoms with van der Waals surface area (Å²) < 4.78 is 1.71. The van der Waals surface area contributed by atoms with E-state index < -0.39 is 0 Å². The second kappa shape index (κ2) is 8.44. The van der Waals surface area contributed by atoms with Crippen molar-refractivity contribution in [3.05, 3.63) is 76.7 Å². The van der Waals surface area contributed by atoms with Crippen LogP contribution in [-0.4, -0.2) is 33.8 Å². The third kappa shape index (κ3) is 4.34. The standard InChI is InChI=1S/C21H22ClN5O/c22-19-6-2-1-5-17(19)14-27-15-18(13-25-27)21(28)24-12-16-7-8-20(23-11-16)26-9-3-4-10-26/h1-2,5-8,11,13,15H,3-4,9-10,12,14H2,(H,24,28). The first-order valence-corrected chi connectivity index (χ1v) is 9.81. The zero-order chi connectivity index (χ0) is 19.3. The highest BCUT2D eigenvalue weighted by Gasteiger charge is 2.13. The summed E-state index contributed by atoms with van der Waals surface area (Å²) in [6.07, 6.45) is 7.58. The van der Waals surface area contributed by atoms with Crippen LogP contribution in [0.25, 0.3) is 0 Å². The summed E-state index contributed by atoms with van der Waals surface area (Å²) in [5.41, 5.74) is 2.46. The minimum Gasteiger partial charge on any atom is -0.357 e. The van der Waals surface area contributed by atoms with E-state index in [9.17, 15) is 4.79 Å². The van der Waals surface area contributed by atoms with Gasteiger partial charge < -0.3 is 10.2 Å². The van der Waals surface area contributed by atoms with Crippen LogP contribution in [0.15, 0.2) is 55.0 Å². The third-order valence-electron chi connectivity index (χ3n) is 4.88. The Morgan fingerprint density at radius 1 is 1.11 bits per heavy atom.